The van der Waals surface area contributed by atoms with Gasteiger partial charge in [-0.25, -0.2) is 0 Å². The summed E-state index contributed by atoms with van der Waals surface area (Å²) >= 11 is 1.49. The SMILES string of the molecule is CN1CCN([C@@H](CNC(=O)c2cccs2)c2ccc3c(c2)CCN3C)CC1. The number of fused-ring (bicyclic) bond motifs is 1. The van der Waals surface area contributed by atoms with E-state index < -0.39 is 0 Å². The third kappa shape index (κ3) is 4.03. The number of nitrogens with zero attached hydrogens (tertiary/aromatic N) is 3. The quantitative estimate of drug-likeness (QED) is 0.860. The van der Waals surface area contributed by atoms with Crippen LogP contribution in [-0.4, -0.2) is 69.1 Å². The Balaban J connectivity index is 1.53. The Hall–Kier alpha value is -1.89. The molecule has 5 nitrogen and oxygen atoms in total. The van der Waals surface area contributed by atoms with Crippen LogP contribution >= 0.6 is 11.3 Å². The number of piperazine rings is 1. The highest BCUT2D eigenvalue weighted by atomic mass is 32.1. The number of anilines is 1. The summed E-state index contributed by atoms with van der Waals surface area (Å²) < 4.78 is 0. The molecule has 2 aromatic rings. The number of amides is 1. The largest absolute Gasteiger partial charge is 0.374 e. The normalized spacial score (nSPS) is 19.1. The first-order valence-corrected chi connectivity index (χ1v) is 10.6. The smallest absolute Gasteiger partial charge is 0.261 e. The second-order valence-corrected chi connectivity index (χ2v) is 8.55. The summed E-state index contributed by atoms with van der Waals surface area (Å²) in [7, 11) is 4.33. The third-order valence-electron chi connectivity index (χ3n) is 5.80. The van der Waals surface area contributed by atoms with E-state index in [0.29, 0.717) is 6.54 Å². The lowest BCUT2D eigenvalue weighted by molar-refractivity contribution is 0.0889. The summed E-state index contributed by atoms with van der Waals surface area (Å²) in [5.41, 5.74) is 4.09. The second-order valence-electron chi connectivity index (χ2n) is 7.60. The molecule has 1 aromatic heterocycles. The first-order chi connectivity index (χ1) is 13.1. The molecular weight excluding hydrogens is 356 g/mol. The van der Waals surface area contributed by atoms with Crippen molar-refractivity contribution in [3.63, 3.8) is 0 Å². The maximum Gasteiger partial charge on any atom is 0.261 e. The Kier molecular flexibility index (Phi) is 5.48. The fourth-order valence-electron chi connectivity index (χ4n) is 4.07. The zero-order valence-corrected chi connectivity index (χ0v) is 17.0. The van der Waals surface area contributed by atoms with Gasteiger partial charge in [0.15, 0.2) is 0 Å². The van der Waals surface area contributed by atoms with Crippen molar-refractivity contribution >= 4 is 22.9 Å². The van der Waals surface area contributed by atoms with Crippen LogP contribution < -0.4 is 10.2 Å². The Morgan fingerprint density at radius 1 is 1.15 bits per heavy atom. The first kappa shape index (κ1) is 18.5. The summed E-state index contributed by atoms with van der Waals surface area (Å²) in [6, 6.07) is 10.9. The molecule has 0 radical (unpaired) electrons. The number of thiophene rings is 1. The van der Waals surface area contributed by atoms with E-state index in [1.165, 1.54) is 28.2 Å². The zero-order chi connectivity index (χ0) is 18.8. The molecule has 1 fully saturated rings. The maximum atomic E-state index is 12.5. The van der Waals surface area contributed by atoms with Gasteiger partial charge in [-0.3, -0.25) is 9.69 Å². The molecule has 4 rings (SSSR count). The molecule has 2 aliphatic rings. The lowest BCUT2D eigenvalue weighted by Crippen LogP contribution is -2.48. The summed E-state index contributed by atoms with van der Waals surface area (Å²) in [4.78, 5) is 20.5. The number of hydrogen-bond donors (Lipinski definition) is 1. The lowest BCUT2D eigenvalue weighted by Gasteiger charge is -2.38. The average molecular weight is 385 g/mol. The van der Waals surface area contributed by atoms with Gasteiger partial charge in [-0.2, -0.15) is 0 Å². The van der Waals surface area contributed by atoms with E-state index in [-0.39, 0.29) is 11.9 Å². The molecule has 0 unspecified atom stereocenters. The van der Waals surface area contributed by atoms with Crippen molar-refractivity contribution in [2.75, 3.05) is 58.3 Å². The maximum absolute atomic E-state index is 12.5. The van der Waals surface area contributed by atoms with E-state index in [9.17, 15) is 4.79 Å². The number of carbonyl (C=O) groups is 1. The number of hydrogen-bond acceptors (Lipinski definition) is 5. The molecule has 0 bridgehead atoms. The van der Waals surface area contributed by atoms with E-state index in [4.69, 9.17) is 0 Å². The van der Waals surface area contributed by atoms with Crippen LogP contribution in [0, 0.1) is 0 Å². The molecule has 1 aromatic carbocycles. The minimum absolute atomic E-state index is 0.0324. The molecule has 3 heterocycles. The predicted octanol–water partition coefficient (Wildman–Crippen LogP) is 2.46. The molecule has 0 saturated carbocycles. The van der Waals surface area contributed by atoms with E-state index in [0.717, 1.165) is 44.0 Å². The van der Waals surface area contributed by atoms with Gasteiger partial charge in [0.1, 0.15) is 0 Å². The summed E-state index contributed by atoms with van der Waals surface area (Å²) in [6.45, 7) is 5.95. The van der Waals surface area contributed by atoms with E-state index in [2.05, 4.69) is 52.3 Å². The number of likely N-dealkylation sites (N-methyl/N-ethyl adjacent to an activating group) is 2. The fraction of sp³-hybridized carbons (Fsp3) is 0.476. The van der Waals surface area contributed by atoms with Crippen molar-refractivity contribution in [2.45, 2.75) is 12.5 Å². The Morgan fingerprint density at radius 2 is 1.96 bits per heavy atom. The molecule has 27 heavy (non-hydrogen) atoms. The van der Waals surface area contributed by atoms with Crippen LogP contribution in [0.25, 0.3) is 0 Å². The van der Waals surface area contributed by atoms with Crippen molar-refractivity contribution < 1.29 is 4.79 Å². The molecular formula is C21H28N4OS. The first-order valence-electron chi connectivity index (χ1n) is 9.70. The minimum Gasteiger partial charge on any atom is -0.374 e. The van der Waals surface area contributed by atoms with Gasteiger partial charge in [-0.1, -0.05) is 18.2 Å². The molecule has 144 valence electrons. The topological polar surface area (TPSA) is 38.8 Å². The van der Waals surface area contributed by atoms with E-state index in [1.54, 1.807) is 0 Å². The van der Waals surface area contributed by atoms with Crippen LogP contribution in [0.1, 0.15) is 26.8 Å². The Bertz CT molecular complexity index is 783. The van der Waals surface area contributed by atoms with Crippen LogP contribution in [0.2, 0.25) is 0 Å². The van der Waals surface area contributed by atoms with Gasteiger partial charge >= 0.3 is 0 Å². The summed E-state index contributed by atoms with van der Waals surface area (Å²) in [5, 5.41) is 5.12. The Morgan fingerprint density at radius 3 is 2.70 bits per heavy atom. The molecule has 1 amide bonds. The molecule has 0 spiro atoms. The monoisotopic (exact) mass is 384 g/mol. The van der Waals surface area contributed by atoms with Crippen LogP contribution in [0.3, 0.4) is 0 Å². The third-order valence-corrected chi connectivity index (χ3v) is 6.66. The highest BCUT2D eigenvalue weighted by molar-refractivity contribution is 7.12. The van der Waals surface area contributed by atoms with Gasteiger partial charge in [0.2, 0.25) is 0 Å². The standard InChI is InChI=1S/C21H28N4OS/c1-23-9-11-25(12-10-23)19(15-22-21(26)20-4-3-13-27-20)16-5-6-18-17(14-16)7-8-24(18)2/h3-6,13-14,19H,7-12,15H2,1-2H3,(H,22,26)/t19-/m0/s1. The van der Waals surface area contributed by atoms with Gasteiger partial charge < -0.3 is 15.1 Å². The van der Waals surface area contributed by atoms with Gasteiger partial charge in [-0.05, 0) is 42.1 Å². The summed E-state index contributed by atoms with van der Waals surface area (Å²) in [6.07, 6.45) is 1.11. The number of benzene rings is 1. The zero-order valence-electron chi connectivity index (χ0n) is 16.1. The molecule has 1 N–H and O–H groups in total. The van der Waals surface area contributed by atoms with E-state index >= 15 is 0 Å². The highest BCUT2D eigenvalue weighted by Gasteiger charge is 2.26. The number of nitrogens with one attached hydrogen (secondary N) is 1. The van der Waals surface area contributed by atoms with Crippen LogP contribution in [0.15, 0.2) is 35.7 Å². The van der Waals surface area contributed by atoms with Gasteiger partial charge in [0.25, 0.3) is 5.91 Å². The number of rotatable bonds is 5. The van der Waals surface area contributed by atoms with Crippen molar-refractivity contribution in [3.05, 3.63) is 51.7 Å². The second kappa shape index (κ2) is 8.00. The fourth-order valence-corrected chi connectivity index (χ4v) is 4.71. The lowest BCUT2D eigenvalue weighted by atomic mass is 10.00. The molecule has 6 heteroatoms. The Labute approximate surface area is 165 Å². The van der Waals surface area contributed by atoms with Gasteiger partial charge in [0, 0.05) is 52.0 Å². The van der Waals surface area contributed by atoms with Crippen molar-refractivity contribution in [3.8, 4) is 0 Å². The van der Waals surface area contributed by atoms with Crippen molar-refractivity contribution in [1.82, 2.24) is 15.1 Å². The van der Waals surface area contributed by atoms with Crippen LogP contribution in [0.5, 0.6) is 0 Å². The van der Waals surface area contributed by atoms with E-state index in [1.807, 2.05) is 17.5 Å². The molecule has 1 saturated heterocycles. The van der Waals surface area contributed by atoms with Gasteiger partial charge in [0.05, 0.1) is 10.9 Å². The highest BCUT2D eigenvalue weighted by Crippen LogP contribution is 2.31. The summed E-state index contributed by atoms with van der Waals surface area (Å²) in [5.74, 6) is 0.0324. The average Bonchev–Trinajstić information content (AvgIpc) is 3.34. The minimum atomic E-state index is 0.0324. The van der Waals surface area contributed by atoms with Crippen LogP contribution in [-0.2, 0) is 6.42 Å². The molecule has 2 aliphatic heterocycles. The number of carbonyl (C=O) groups excluding carboxylic acids is 1. The van der Waals surface area contributed by atoms with Crippen molar-refractivity contribution in [2.24, 2.45) is 0 Å². The van der Waals surface area contributed by atoms with Crippen LogP contribution in [0.4, 0.5) is 5.69 Å². The van der Waals surface area contributed by atoms with Crippen molar-refractivity contribution in [1.29, 1.82) is 0 Å². The van der Waals surface area contributed by atoms with Gasteiger partial charge in [-0.15, -0.1) is 11.3 Å². The predicted molar refractivity (Wildman–Crippen MR) is 112 cm³/mol. The molecule has 1 atom stereocenters. The molecule has 0 aliphatic carbocycles.